The number of nitrogens with zero attached hydrogens (tertiary/aromatic N) is 1. The van der Waals surface area contributed by atoms with Gasteiger partial charge in [-0.15, -0.1) is 0 Å². The third-order valence-electron chi connectivity index (χ3n) is 1.13. The first kappa shape index (κ1) is 12.2. The van der Waals surface area contributed by atoms with Gasteiger partial charge in [-0.1, -0.05) is 0 Å². The Kier molecular flexibility index (Phi) is 5.40. The first-order chi connectivity index (χ1) is 6.14. The normalized spacial score (nSPS) is 12.5. The van der Waals surface area contributed by atoms with E-state index in [4.69, 9.17) is 19.4 Å². The monoisotopic (exact) mass is 205 g/mol. The van der Waals surface area contributed by atoms with E-state index >= 15 is 0 Å². The Bertz CT molecular complexity index is 258. The first-order valence-corrected chi connectivity index (χ1v) is 5.33. The third-order valence-corrected chi connectivity index (χ3v) is 3.13. The SMILES string of the molecule is CCOP(=O)(OCC)/C(C#N)=C\O. The number of aliphatic hydroxyl groups is 1. The lowest BCUT2D eigenvalue weighted by atomic mass is 10.7. The Hall–Kier alpha value is -0.820. The van der Waals surface area contributed by atoms with Crippen LogP contribution in [-0.2, 0) is 13.6 Å². The van der Waals surface area contributed by atoms with Gasteiger partial charge in [-0.05, 0) is 13.8 Å². The Balaban J connectivity index is 4.79. The molecule has 0 aliphatic carbocycles. The zero-order valence-electron chi connectivity index (χ0n) is 7.56. The minimum absolute atomic E-state index is 0.149. The fourth-order valence-electron chi connectivity index (χ4n) is 0.677. The van der Waals surface area contributed by atoms with Crippen LogP contribution < -0.4 is 0 Å². The molecule has 5 nitrogen and oxygen atoms in total. The van der Waals surface area contributed by atoms with Crippen molar-refractivity contribution in [3.8, 4) is 6.07 Å². The van der Waals surface area contributed by atoms with Crippen LogP contribution in [0.5, 0.6) is 0 Å². The smallest absolute Gasteiger partial charge is 0.374 e. The van der Waals surface area contributed by atoms with Gasteiger partial charge in [0, 0.05) is 0 Å². The van der Waals surface area contributed by atoms with Crippen molar-refractivity contribution in [2.75, 3.05) is 13.2 Å². The second-order valence-corrected chi connectivity index (χ2v) is 3.95. The lowest BCUT2D eigenvalue weighted by molar-refractivity contribution is 0.226. The molecule has 0 radical (unpaired) electrons. The highest BCUT2D eigenvalue weighted by Crippen LogP contribution is 2.55. The molecule has 0 aromatic carbocycles. The standard InChI is InChI=1S/C7H12NO4P/c1-3-11-13(10,12-4-2)7(5-8)6-9/h6,9H,3-4H2,1-2H3/b7-6-. The van der Waals surface area contributed by atoms with E-state index in [1.54, 1.807) is 19.9 Å². The predicted molar refractivity (Wildman–Crippen MR) is 47.2 cm³/mol. The number of hydrogen-bond acceptors (Lipinski definition) is 5. The molecule has 0 fully saturated rings. The zero-order chi connectivity index (χ0) is 10.3. The molecule has 0 saturated carbocycles. The molecule has 0 heterocycles. The van der Waals surface area contributed by atoms with Gasteiger partial charge in [0.2, 0.25) is 0 Å². The Morgan fingerprint density at radius 1 is 1.54 bits per heavy atom. The van der Waals surface area contributed by atoms with E-state index in [2.05, 4.69) is 0 Å². The highest BCUT2D eigenvalue weighted by molar-refractivity contribution is 7.58. The van der Waals surface area contributed by atoms with Crippen molar-refractivity contribution >= 4 is 7.60 Å². The van der Waals surface area contributed by atoms with E-state index in [-0.39, 0.29) is 18.5 Å². The summed E-state index contributed by atoms with van der Waals surface area (Å²) < 4.78 is 21.3. The van der Waals surface area contributed by atoms with Crippen molar-refractivity contribution < 1.29 is 18.7 Å². The molecule has 0 bridgehead atoms. The molecule has 6 heteroatoms. The minimum atomic E-state index is -3.58. The molecule has 0 atom stereocenters. The van der Waals surface area contributed by atoms with Gasteiger partial charge in [-0.2, -0.15) is 5.26 Å². The summed E-state index contributed by atoms with van der Waals surface area (Å²) in [5.41, 5.74) is 0. The molecule has 0 aromatic heterocycles. The Morgan fingerprint density at radius 2 is 2.00 bits per heavy atom. The molecule has 0 amide bonds. The van der Waals surface area contributed by atoms with Crippen LogP contribution in [0.2, 0.25) is 0 Å². The predicted octanol–water partition coefficient (Wildman–Crippen LogP) is 2.18. The van der Waals surface area contributed by atoms with E-state index in [9.17, 15) is 4.57 Å². The summed E-state index contributed by atoms with van der Waals surface area (Å²) in [6.45, 7) is 3.54. The van der Waals surface area contributed by atoms with Gasteiger partial charge in [0.25, 0.3) is 0 Å². The van der Waals surface area contributed by atoms with E-state index < -0.39 is 7.60 Å². The number of rotatable bonds is 5. The second kappa shape index (κ2) is 5.76. The van der Waals surface area contributed by atoms with E-state index in [1.165, 1.54) is 0 Å². The van der Waals surface area contributed by atoms with Crippen LogP contribution in [0, 0.1) is 11.3 Å². The molecule has 13 heavy (non-hydrogen) atoms. The second-order valence-electron chi connectivity index (χ2n) is 1.96. The van der Waals surface area contributed by atoms with Gasteiger partial charge in [-0.25, -0.2) is 0 Å². The summed E-state index contributed by atoms with van der Waals surface area (Å²) >= 11 is 0. The Morgan fingerprint density at radius 3 is 2.23 bits per heavy atom. The topological polar surface area (TPSA) is 79.5 Å². The van der Waals surface area contributed by atoms with Gasteiger partial charge in [0.15, 0.2) is 5.31 Å². The van der Waals surface area contributed by atoms with Crippen LogP contribution in [0.4, 0.5) is 0 Å². The van der Waals surface area contributed by atoms with Crippen molar-refractivity contribution in [2.45, 2.75) is 13.8 Å². The fraction of sp³-hybridized carbons (Fsp3) is 0.571. The van der Waals surface area contributed by atoms with Crippen molar-refractivity contribution in [3.05, 3.63) is 11.6 Å². The largest absolute Gasteiger partial charge is 0.514 e. The van der Waals surface area contributed by atoms with Crippen LogP contribution in [0.15, 0.2) is 11.6 Å². The summed E-state index contributed by atoms with van der Waals surface area (Å²) in [5, 5.41) is 16.7. The summed E-state index contributed by atoms with van der Waals surface area (Å²) in [6.07, 6.45) is 0.450. The highest BCUT2D eigenvalue weighted by atomic mass is 31.2. The molecule has 0 aliphatic heterocycles. The molecule has 0 spiro atoms. The van der Waals surface area contributed by atoms with Crippen molar-refractivity contribution in [2.24, 2.45) is 0 Å². The van der Waals surface area contributed by atoms with Crippen LogP contribution in [-0.4, -0.2) is 18.3 Å². The summed E-state index contributed by atoms with van der Waals surface area (Å²) in [7, 11) is -3.58. The van der Waals surface area contributed by atoms with E-state index in [0.717, 1.165) is 0 Å². The number of nitriles is 1. The van der Waals surface area contributed by atoms with Gasteiger partial charge >= 0.3 is 7.60 Å². The summed E-state index contributed by atoms with van der Waals surface area (Å²) in [5.74, 6) is 0. The molecule has 0 saturated heterocycles. The number of aliphatic hydroxyl groups excluding tert-OH is 1. The van der Waals surface area contributed by atoms with Gasteiger partial charge < -0.3 is 14.2 Å². The van der Waals surface area contributed by atoms with Crippen molar-refractivity contribution in [3.63, 3.8) is 0 Å². The summed E-state index contributed by atoms with van der Waals surface area (Å²) in [4.78, 5) is 0. The molecular formula is C7H12NO4P. The van der Waals surface area contributed by atoms with Gasteiger partial charge in [0.05, 0.1) is 13.2 Å². The molecule has 74 valence electrons. The molecular weight excluding hydrogens is 193 g/mol. The van der Waals surface area contributed by atoms with E-state index in [0.29, 0.717) is 6.26 Å². The average molecular weight is 205 g/mol. The Labute approximate surface area is 77.1 Å². The quantitative estimate of drug-likeness (QED) is 0.422. The average Bonchev–Trinajstić information content (AvgIpc) is 2.07. The van der Waals surface area contributed by atoms with Gasteiger partial charge in [-0.3, -0.25) is 4.57 Å². The van der Waals surface area contributed by atoms with Crippen LogP contribution in [0.1, 0.15) is 13.8 Å². The fourth-order valence-corrected chi connectivity index (χ4v) is 1.97. The number of allylic oxidation sites excluding steroid dienone is 1. The van der Waals surface area contributed by atoms with Crippen molar-refractivity contribution in [1.82, 2.24) is 0 Å². The van der Waals surface area contributed by atoms with Crippen molar-refractivity contribution in [1.29, 1.82) is 5.26 Å². The van der Waals surface area contributed by atoms with Crippen LogP contribution in [0.25, 0.3) is 0 Å². The maximum absolute atomic E-state index is 11.7. The molecule has 0 unspecified atom stereocenters. The third kappa shape index (κ3) is 3.19. The first-order valence-electron chi connectivity index (χ1n) is 3.78. The number of hydrogen-bond donors (Lipinski definition) is 1. The summed E-state index contributed by atoms with van der Waals surface area (Å²) in [6, 6.07) is 1.56. The molecule has 0 aliphatic rings. The van der Waals surface area contributed by atoms with Crippen LogP contribution >= 0.6 is 7.60 Å². The van der Waals surface area contributed by atoms with Crippen LogP contribution in [0.3, 0.4) is 0 Å². The highest BCUT2D eigenvalue weighted by Gasteiger charge is 2.30. The lowest BCUT2D eigenvalue weighted by Crippen LogP contribution is -1.97. The zero-order valence-corrected chi connectivity index (χ0v) is 8.45. The maximum atomic E-state index is 11.7. The van der Waals surface area contributed by atoms with Gasteiger partial charge in [0.1, 0.15) is 12.3 Å². The van der Waals surface area contributed by atoms with E-state index in [1.807, 2.05) is 0 Å². The lowest BCUT2D eigenvalue weighted by Gasteiger charge is -2.14. The molecule has 0 rings (SSSR count). The maximum Gasteiger partial charge on any atom is 0.374 e. The molecule has 1 N–H and O–H groups in total. The minimum Gasteiger partial charge on any atom is -0.514 e. The molecule has 0 aromatic rings.